The SMILES string of the molecule is Cc1ccc2nc(CC(C)C)oc2c1-c1n(-c2c(C(C)C)cccc2C(C)C)c2ccccc2[n+]1C. The number of aromatic nitrogens is 3. The summed E-state index contributed by atoms with van der Waals surface area (Å²) in [7, 11) is 2.17. The molecular weight excluding hydrogens is 442 g/mol. The molecule has 2 aromatic heterocycles. The molecular formula is C32H38N3O+. The lowest BCUT2D eigenvalue weighted by atomic mass is 9.92. The fourth-order valence-corrected chi connectivity index (χ4v) is 5.44. The molecule has 0 aliphatic carbocycles. The van der Waals surface area contributed by atoms with Gasteiger partial charge in [0.25, 0.3) is 5.82 Å². The van der Waals surface area contributed by atoms with Gasteiger partial charge in [-0.05, 0) is 48.4 Å². The number of benzene rings is 3. The predicted octanol–water partition coefficient (Wildman–Crippen LogP) is 8.02. The lowest BCUT2D eigenvalue weighted by Gasteiger charge is -2.18. The second-order valence-electron chi connectivity index (χ2n) is 11.1. The zero-order valence-electron chi connectivity index (χ0n) is 22.9. The Balaban J connectivity index is 1.95. The van der Waals surface area contributed by atoms with Crippen molar-refractivity contribution >= 4 is 22.1 Å². The van der Waals surface area contributed by atoms with E-state index in [9.17, 15) is 0 Å². The molecule has 3 aromatic carbocycles. The van der Waals surface area contributed by atoms with E-state index in [1.807, 2.05) is 0 Å². The Bertz CT molecular complexity index is 1540. The first-order valence-electron chi connectivity index (χ1n) is 13.2. The summed E-state index contributed by atoms with van der Waals surface area (Å²) in [5, 5.41) is 0. The van der Waals surface area contributed by atoms with Gasteiger partial charge in [-0.15, -0.1) is 0 Å². The van der Waals surface area contributed by atoms with Crippen LogP contribution in [0.25, 0.3) is 39.2 Å². The lowest BCUT2D eigenvalue weighted by Crippen LogP contribution is -2.30. The van der Waals surface area contributed by atoms with Gasteiger partial charge in [-0.25, -0.2) is 9.55 Å². The van der Waals surface area contributed by atoms with Crippen molar-refractivity contribution in [1.29, 1.82) is 0 Å². The van der Waals surface area contributed by atoms with Crippen LogP contribution in [0.3, 0.4) is 0 Å². The summed E-state index contributed by atoms with van der Waals surface area (Å²) < 4.78 is 11.3. The van der Waals surface area contributed by atoms with Crippen LogP contribution in [0.5, 0.6) is 0 Å². The van der Waals surface area contributed by atoms with Crippen LogP contribution in [0.1, 0.15) is 76.0 Å². The maximum absolute atomic E-state index is 6.50. The smallest absolute Gasteiger partial charge is 0.299 e. The number of aryl methyl sites for hydroxylation is 2. The van der Waals surface area contributed by atoms with Crippen molar-refractivity contribution in [2.45, 2.75) is 66.7 Å². The van der Waals surface area contributed by atoms with Gasteiger partial charge in [0.15, 0.2) is 22.5 Å². The highest BCUT2D eigenvalue weighted by Gasteiger charge is 2.33. The van der Waals surface area contributed by atoms with Crippen LogP contribution < -0.4 is 4.57 Å². The fourth-order valence-electron chi connectivity index (χ4n) is 5.44. The molecule has 5 rings (SSSR count). The number of imidazole rings is 1. The third-order valence-corrected chi connectivity index (χ3v) is 7.20. The average molecular weight is 481 g/mol. The van der Waals surface area contributed by atoms with Crippen LogP contribution >= 0.6 is 0 Å². The van der Waals surface area contributed by atoms with Crippen LogP contribution in [0.2, 0.25) is 0 Å². The molecule has 2 heterocycles. The predicted molar refractivity (Wildman–Crippen MR) is 149 cm³/mol. The number of nitrogens with zero attached hydrogens (tertiary/aromatic N) is 3. The quantitative estimate of drug-likeness (QED) is 0.231. The highest BCUT2D eigenvalue weighted by atomic mass is 16.3. The maximum atomic E-state index is 6.50. The highest BCUT2D eigenvalue weighted by Crippen LogP contribution is 2.39. The van der Waals surface area contributed by atoms with Gasteiger partial charge >= 0.3 is 0 Å². The van der Waals surface area contributed by atoms with E-state index in [1.54, 1.807) is 0 Å². The van der Waals surface area contributed by atoms with Crippen molar-refractivity contribution < 1.29 is 8.98 Å². The van der Waals surface area contributed by atoms with Crippen molar-refractivity contribution in [3.63, 3.8) is 0 Å². The molecule has 0 aliphatic rings. The maximum Gasteiger partial charge on any atom is 0.299 e. The van der Waals surface area contributed by atoms with Crippen LogP contribution in [-0.2, 0) is 13.5 Å². The molecule has 0 atom stereocenters. The first kappa shape index (κ1) is 24.3. The molecule has 0 aliphatic heterocycles. The van der Waals surface area contributed by atoms with Gasteiger partial charge in [-0.2, -0.15) is 4.57 Å². The summed E-state index contributed by atoms with van der Waals surface area (Å²) in [6.07, 6.45) is 0.829. The number of oxazole rings is 1. The Kier molecular flexibility index (Phi) is 6.23. The number of hydrogen-bond donors (Lipinski definition) is 0. The van der Waals surface area contributed by atoms with Crippen molar-refractivity contribution in [2.24, 2.45) is 13.0 Å². The molecule has 4 nitrogen and oxygen atoms in total. The molecule has 0 fully saturated rings. The van der Waals surface area contributed by atoms with Crippen molar-refractivity contribution in [3.8, 4) is 17.1 Å². The van der Waals surface area contributed by atoms with Gasteiger partial charge in [0.2, 0.25) is 0 Å². The molecule has 0 saturated heterocycles. The molecule has 5 aromatic rings. The van der Waals surface area contributed by atoms with Crippen LogP contribution in [-0.4, -0.2) is 9.55 Å². The Morgan fingerprint density at radius 3 is 2.17 bits per heavy atom. The second-order valence-corrected chi connectivity index (χ2v) is 11.1. The summed E-state index contributed by atoms with van der Waals surface area (Å²) >= 11 is 0. The lowest BCUT2D eigenvalue weighted by molar-refractivity contribution is -0.633. The summed E-state index contributed by atoms with van der Waals surface area (Å²) in [5.74, 6) is 3.19. The summed E-state index contributed by atoms with van der Waals surface area (Å²) in [5.41, 5.74) is 10.5. The van der Waals surface area contributed by atoms with Crippen LogP contribution in [0.4, 0.5) is 0 Å². The average Bonchev–Trinajstić information content (AvgIpc) is 3.36. The van der Waals surface area contributed by atoms with Gasteiger partial charge in [-0.3, -0.25) is 0 Å². The van der Waals surface area contributed by atoms with Crippen LogP contribution in [0.15, 0.2) is 59.0 Å². The minimum Gasteiger partial charge on any atom is -0.440 e. The molecule has 0 radical (unpaired) electrons. The molecule has 0 unspecified atom stereocenters. The Hall–Kier alpha value is -3.40. The van der Waals surface area contributed by atoms with Crippen molar-refractivity contribution in [2.75, 3.05) is 0 Å². The van der Waals surface area contributed by atoms with E-state index in [4.69, 9.17) is 9.40 Å². The van der Waals surface area contributed by atoms with Gasteiger partial charge in [0.05, 0.1) is 7.05 Å². The second kappa shape index (κ2) is 9.24. The minimum absolute atomic E-state index is 0.387. The van der Waals surface area contributed by atoms with Gasteiger partial charge in [0.1, 0.15) is 16.8 Å². The van der Waals surface area contributed by atoms with E-state index in [0.29, 0.717) is 17.8 Å². The summed E-state index contributed by atoms with van der Waals surface area (Å²) in [6, 6.07) is 19.8. The number of para-hydroxylation sites is 3. The Labute approximate surface area is 214 Å². The zero-order chi connectivity index (χ0) is 25.7. The molecule has 186 valence electrons. The molecule has 36 heavy (non-hydrogen) atoms. The number of rotatable bonds is 6. The van der Waals surface area contributed by atoms with E-state index in [0.717, 1.165) is 34.8 Å². The standard InChI is InChI=1S/C32H38N3O/c1-19(2)18-28-33-25-17-16-22(7)29(31(25)36-28)32-34(8)26-14-9-10-15-27(26)35(32)30-23(20(3)4)12-11-13-24(30)21(5)6/h9-17,19-21H,18H2,1-8H3/q+1. The normalized spacial score (nSPS) is 12.2. The van der Waals surface area contributed by atoms with Crippen LogP contribution in [0, 0.1) is 12.8 Å². The highest BCUT2D eigenvalue weighted by molar-refractivity contribution is 5.92. The summed E-state index contributed by atoms with van der Waals surface area (Å²) in [6.45, 7) is 15.7. The molecule has 0 amide bonds. The van der Waals surface area contributed by atoms with Gasteiger partial charge in [-0.1, -0.05) is 77.9 Å². The fraction of sp³-hybridized carbons (Fsp3) is 0.375. The van der Waals surface area contributed by atoms with E-state index >= 15 is 0 Å². The topological polar surface area (TPSA) is 34.8 Å². The Morgan fingerprint density at radius 1 is 0.861 bits per heavy atom. The van der Waals surface area contributed by atoms with E-state index in [-0.39, 0.29) is 0 Å². The first-order chi connectivity index (χ1) is 17.2. The third-order valence-electron chi connectivity index (χ3n) is 7.20. The third kappa shape index (κ3) is 3.93. The van der Waals surface area contributed by atoms with Gasteiger partial charge in [0, 0.05) is 17.5 Å². The molecule has 4 heteroatoms. The molecule has 0 spiro atoms. The minimum atomic E-state index is 0.387. The number of fused-ring (bicyclic) bond motifs is 2. The molecule has 0 saturated carbocycles. The van der Waals surface area contributed by atoms with E-state index in [2.05, 4.69) is 119 Å². The molecule has 0 N–H and O–H groups in total. The van der Waals surface area contributed by atoms with Crippen molar-refractivity contribution in [1.82, 2.24) is 9.55 Å². The Morgan fingerprint density at radius 2 is 1.53 bits per heavy atom. The molecule has 0 bridgehead atoms. The summed E-state index contributed by atoms with van der Waals surface area (Å²) in [4.78, 5) is 4.87. The van der Waals surface area contributed by atoms with Crippen molar-refractivity contribution in [3.05, 3.63) is 77.2 Å². The number of hydrogen-bond acceptors (Lipinski definition) is 2. The van der Waals surface area contributed by atoms with E-state index < -0.39 is 0 Å². The van der Waals surface area contributed by atoms with Gasteiger partial charge < -0.3 is 4.42 Å². The zero-order valence-corrected chi connectivity index (χ0v) is 22.9. The van der Waals surface area contributed by atoms with E-state index in [1.165, 1.54) is 33.4 Å². The first-order valence-corrected chi connectivity index (χ1v) is 13.2. The largest absolute Gasteiger partial charge is 0.440 e. The monoisotopic (exact) mass is 480 g/mol.